The van der Waals surface area contributed by atoms with Crippen LogP contribution in [0.2, 0.25) is 0 Å². The van der Waals surface area contributed by atoms with Gasteiger partial charge in [0.1, 0.15) is 5.01 Å². The summed E-state index contributed by atoms with van der Waals surface area (Å²) in [5, 5.41) is 1.10. The summed E-state index contributed by atoms with van der Waals surface area (Å²) in [6, 6.07) is 6.54. The van der Waals surface area contributed by atoms with Crippen molar-refractivity contribution in [1.82, 2.24) is 4.98 Å². The topological polar surface area (TPSA) is 38.9 Å². The molecule has 0 amide bonds. The zero-order valence-corrected chi connectivity index (χ0v) is 14.4. The fourth-order valence-corrected chi connectivity index (χ4v) is 4.22. The van der Waals surface area contributed by atoms with E-state index < -0.39 is 0 Å². The van der Waals surface area contributed by atoms with E-state index in [1.54, 1.807) is 11.3 Å². The van der Waals surface area contributed by atoms with E-state index >= 15 is 0 Å². The van der Waals surface area contributed by atoms with Gasteiger partial charge in [-0.3, -0.25) is 0 Å². The van der Waals surface area contributed by atoms with Gasteiger partial charge in [0.05, 0.1) is 5.69 Å². The van der Waals surface area contributed by atoms with Gasteiger partial charge in [-0.1, -0.05) is 35.8 Å². The van der Waals surface area contributed by atoms with Crippen LogP contribution < -0.4 is 5.73 Å². The third-order valence-corrected chi connectivity index (χ3v) is 6.06. The maximum absolute atomic E-state index is 6.33. The van der Waals surface area contributed by atoms with Crippen molar-refractivity contribution >= 4 is 27.3 Å². The van der Waals surface area contributed by atoms with Crippen LogP contribution in [0.25, 0.3) is 10.6 Å². The van der Waals surface area contributed by atoms with Gasteiger partial charge in [0.15, 0.2) is 0 Å². The van der Waals surface area contributed by atoms with Gasteiger partial charge >= 0.3 is 0 Å². The van der Waals surface area contributed by atoms with Crippen LogP contribution in [0.1, 0.15) is 42.4 Å². The lowest BCUT2D eigenvalue weighted by Gasteiger charge is -2.32. The fraction of sp³-hybridized carbons (Fsp3) is 0.438. The Morgan fingerprint density at radius 2 is 2.15 bits per heavy atom. The third-order valence-electron chi connectivity index (χ3n) is 3.89. The van der Waals surface area contributed by atoms with Crippen LogP contribution in [0.5, 0.6) is 0 Å². The monoisotopic (exact) mass is 350 g/mol. The Kier molecular flexibility index (Phi) is 3.51. The molecule has 20 heavy (non-hydrogen) atoms. The number of halogens is 1. The van der Waals surface area contributed by atoms with Gasteiger partial charge in [-0.2, -0.15) is 0 Å². The second-order valence-electron chi connectivity index (χ2n) is 6.45. The maximum atomic E-state index is 6.33. The smallest absolute Gasteiger partial charge is 0.123 e. The number of thiazole rings is 1. The van der Waals surface area contributed by atoms with Crippen LogP contribution in [0.4, 0.5) is 0 Å². The van der Waals surface area contributed by atoms with Crippen molar-refractivity contribution in [3.05, 3.63) is 38.8 Å². The second kappa shape index (κ2) is 4.93. The molecule has 1 aromatic heterocycles. The summed E-state index contributed by atoms with van der Waals surface area (Å²) in [5.74, 6) is 0. The van der Waals surface area contributed by atoms with Crippen molar-refractivity contribution < 1.29 is 0 Å². The van der Waals surface area contributed by atoms with Gasteiger partial charge in [-0.15, -0.1) is 11.3 Å². The summed E-state index contributed by atoms with van der Waals surface area (Å²) in [6.07, 6.45) is 2.07. The van der Waals surface area contributed by atoms with Gasteiger partial charge in [-0.05, 0) is 42.9 Å². The lowest BCUT2D eigenvalue weighted by atomic mass is 9.77. The molecule has 0 saturated carbocycles. The molecule has 106 valence electrons. The maximum Gasteiger partial charge on any atom is 0.123 e. The minimum absolute atomic E-state index is 0.136. The molecule has 0 spiro atoms. The molecule has 0 fully saturated rings. The van der Waals surface area contributed by atoms with Gasteiger partial charge in [0.2, 0.25) is 0 Å². The number of aryl methyl sites for hydroxylation is 1. The SMILES string of the molecule is Cc1cc(-c2nc3c(s2)C(N)CC(C)(C)C3)ccc1Br. The highest BCUT2D eigenvalue weighted by Crippen LogP contribution is 2.43. The number of fused-ring (bicyclic) bond motifs is 1. The largest absolute Gasteiger partial charge is 0.323 e. The second-order valence-corrected chi connectivity index (χ2v) is 8.33. The van der Waals surface area contributed by atoms with Crippen LogP contribution in [0, 0.1) is 12.3 Å². The van der Waals surface area contributed by atoms with Crippen molar-refractivity contribution in [3.63, 3.8) is 0 Å². The predicted molar refractivity (Wildman–Crippen MR) is 89.0 cm³/mol. The lowest BCUT2D eigenvalue weighted by molar-refractivity contribution is 0.282. The van der Waals surface area contributed by atoms with Crippen LogP contribution in [-0.4, -0.2) is 4.98 Å². The summed E-state index contributed by atoms with van der Waals surface area (Å²) < 4.78 is 1.14. The Hall–Kier alpha value is -0.710. The molecule has 0 aliphatic heterocycles. The van der Waals surface area contributed by atoms with Crippen molar-refractivity contribution in [3.8, 4) is 10.6 Å². The first-order chi connectivity index (χ1) is 9.35. The van der Waals surface area contributed by atoms with Crippen molar-refractivity contribution in [2.75, 3.05) is 0 Å². The molecule has 1 atom stereocenters. The Balaban J connectivity index is 2.03. The van der Waals surface area contributed by atoms with Crippen molar-refractivity contribution in [1.29, 1.82) is 0 Å². The fourth-order valence-electron chi connectivity index (χ4n) is 2.89. The average molecular weight is 351 g/mol. The number of hydrogen-bond acceptors (Lipinski definition) is 3. The van der Waals surface area contributed by atoms with Crippen molar-refractivity contribution in [2.45, 2.75) is 39.7 Å². The lowest BCUT2D eigenvalue weighted by Crippen LogP contribution is -2.28. The number of hydrogen-bond donors (Lipinski definition) is 1. The highest BCUT2D eigenvalue weighted by molar-refractivity contribution is 9.10. The van der Waals surface area contributed by atoms with E-state index in [1.807, 2.05) is 0 Å². The van der Waals surface area contributed by atoms with Gasteiger partial charge in [0, 0.05) is 21.0 Å². The minimum atomic E-state index is 0.136. The third kappa shape index (κ3) is 2.57. The summed E-state index contributed by atoms with van der Waals surface area (Å²) in [5.41, 5.74) is 10.2. The molecule has 0 bridgehead atoms. The number of nitrogens with two attached hydrogens (primary N) is 1. The molecule has 1 heterocycles. The van der Waals surface area contributed by atoms with E-state index in [9.17, 15) is 0 Å². The van der Waals surface area contributed by atoms with E-state index in [0.717, 1.165) is 22.3 Å². The van der Waals surface area contributed by atoms with E-state index in [0.29, 0.717) is 0 Å². The van der Waals surface area contributed by atoms with E-state index in [1.165, 1.54) is 21.7 Å². The molecule has 3 rings (SSSR count). The van der Waals surface area contributed by atoms with E-state index in [-0.39, 0.29) is 11.5 Å². The zero-order chi connectivity index (χ0) is 14.5. The quantitative estimate of drug-likeness (QED) is 0.797. The first-order valence-electron chi connectivity index (χ1n) is 6.87. The normalized spacial score (nSPS) is 20.8. The molecule has 1 unspecified atom stereocenters. The Bertz CT molecular complexity index is 660. The summed E-state index contributed by atoms with van der Waals surface area (Å²) in [7, 11) is 0. The Morgan fingerprint density at radius 1 is 1.40 bits per heavy atom. The molecular formula is C16H19BrN2S. The Morgan fingerprint density at radius 3 is 2.85 bits per heavy atom. The predicted octanol–water partition coefficient (Wildman–Crippen LogP) is 4.85. The number of nitrogens with zero attached hydrogens (tertiary/aromatic N) is 1. The first kappa shape index (κ1) is 14.2. The first-order valence-corrected chi connectivity index (χ1v) is 8.48. The summed E-state index contributed by atoms with van der Waals surface area (Å²) in [6.45, 7) is 6.66. The molecule has 0 saturated heterocycles. The number of benzene rings is 1. The van der Waals surface area contributed by atoms with Crippen LogP contribution in [0.3, 0.4) is 0 Å². The summed E-state index contributed by atoms with van der Waals surface area (Å²) in [4.78, 5) is 6.14. The summed E-state index contributed by atoms with van der Waals surface area (Å²) >= 11 is 5.31. The molecular weight excluding hydrogens is 332 g/mol. The van der Waals surface area contributed by atoms with Gasteiger partial charge < -0.3 is 5.73 Å². The van der Waals surface area contributed by atoms with Crippen LogP contribution in [-0.2, 0) is 6.42 Å². The number of aromatic nitrogens is 1. The van der Waals surface area contributed by atoms with Crippen LogP contribution in [0.15, 0.2) is 22.7 Å². The van der Waals surface area contributed by atoms with Gasteiger partial charge in [0.25, 0.3) is 0 Å². The molecule has 1 aliphatic rings. The Labute approximate surface area is 132 Å². The molecule has 2 aromatic rings. The van der Waals surface area contributed by atoms with E-state index in [4.69, 9.17) is 10.7 Å². The number of rotatable bonds is 1. The molecule has 4 heteroatoms. The average Bonchev–Trinajstić information content (AvgIpc) is 2.75. The van der Waals surface area contributed by atoms with Crippen molar-refractivity contribution in [2.24, 2.45) is 11.1 Å². The molecule has 0 radical (unpaired) electrons. The van der Waals surface area contributed by atoms with Gasteiger partial charge in [-0.25, -0.2) is 4.98 Å². The molecule has 1 aromatic carbocycles. The highest BCUT2D eigenvalue weighted by atomic mass is 79.9. The van der Waals surface area contributed by atoms with Crippen LogP contribution >= 0.6 is 27.3 Å². The molecule has 1 aliphatic carbocycles. The molecule has 2 nitrogen and oxygen atoms in total. The highest BCUT2D eigenvalue weighted by Gasteiger charge is 2.33. The zero-order valence-electron chi connectivity index (χ0n) is 12.0. The standard InChI is InChI=1S/C16H19BrN2S/c1-9-6-10(4-5-11(9)17)15-19-13-8-16(2,3)7-12(18)14(13)20-15/h4-6,12H,7-8,18H2,1-3H3. The van der Waals surface area contributed by atoms with E-state index in [2.05, 4.69) is 54.9 Å². The minimum Gasteiger partial charge on any atom is -0.323 e. The molecule has 2 N–H and O–H groups in total.